The van der Waals surface area contributed by atoms with Crippen molar-refractivity contribution in [3.63, 3.8) is 0 Å². The Bertz CT molecular complexity index is 1350. The van der Waals surface area contributed by atoms with E-state index in [1.54, 1.807) is 0 Å². The molecular formula is C30H25N. The van der Waals surface area contributed by atoms with Gasteiger partial charge in [0.25, 0.3) is 0 Å². The third kappa shape index (κ3) is 3.60. The van der Waals surface area contributed by atoms with Crippen molar-refractivity contribution >= 4 is 22.1 Å². The first-order chi connectivity index (χ1) is 15.2. The Morgan fingerprint density at radius 1 is 0.516 bits per heavy atom. The zero-order chi connectivity index (χ0) is 21.2. The van der Waals surface area contributed by atoms with E-state index in [0.717, 1.165) is 0 Å². The lowest BCUT2D eigenvalue weighted by Crippen LogP contribution is -2.13. The van der Waals surface area contributed by atoms with Gasteiger partial charge in [-0.1, -0.05) is 103 Å². The van der Waals surface area contributed by atoms with Crippen molar-refractivity contribution in [2.75, 3.05) is 11.9 Å². The van der Waals surface area contributed by atoms with Crippen molar-refractivity contribution in [2.45, 2.75) is 6.92 Å². The van der Waals surface area contributed by atoms with E-state index in [4.69, 9.17) is 0 Å². The van der Waals surface area contributed by atoms with Crippen LogP contribution >= 0.6 is 0 Å². The van der Waals surface area contributed by atoms with Gasteiger partial charge in [0, 0.05) is 23.9 Å². The number of rotatable bonds is 4. The van der Waals surface area contributed by atoms with Gasteiger partial charge in [0.2, 0.25) is 0 Å². The second-order valence-corrected chi connectivity index (χ2v) is 7.98. The summed E-state index contributed by atoms with van der Waals surface area (Å²) in [5.41, 5.74) is 8.64. The summed E-state index contributed by atoms with van der Waals surface area (Å²) in [6.45, 7) is 2.20. The maximum atomic E-state index is 2.34. The predicted molar refractivity (Wildman–Crippen MR) is 134 cm³/mol. The van der Waals surface area contributed by atoms with Gasteiger partial charge < -0.3 is 4.90 Å². The van der Waals surface area contributed by atoms with Gasteiger partial charge in [-0.3, -0.25) is 0 Å². The first-order valence-electron chi connectivity index (χ1n) is 10.7. The average molecular weight is 400 g/mol. The molecule has 150 valence electrons. The molecule has 0 heterocycles. The number of para-hydroxylation sites is 2. The number of aryl methyl sites for hydroxylation is 1. The van der Waals surface area contributed by atoms with Crippen LogP contribution in [0.15, 0.2) is 115 Å². The summed E-state index contributed by atoms with van der Waals surface area (Å²) in [5.74, 6) is 0. The van der Waals surface area contributed by atoms with E-state index < -0.39 is 0 Å². The third-order valence-electron chi connectivity index (χ3n) is 5.98. The molecule has 0 aliphatic rings. The van der Waals surface area contributed by atoms with E-state index >= 15 is 0 Å². The fraction of sp³-hybridized carbons (Fsp3) is 0.0667. The van der Waals surface area contributed by atoms with Crippen LogP contribution in [0.25, 0.3) is 33.0 Å². The molecule has 0 aliphatic heterocycles. The Kier molecular flexibility index (Phi) is 5.01. The van der Waals surface area contributed by atoms with Crippen LogP contribution in [-0.2, 0) is 0 Å². The van der Waals surface area contributed by atoms with E-state index in [2.05, 4.69) is 134 Å². The molecule has 0 saturated heterocycles. The van der Waals surface area contributed by atoms with Gasteiger partial charge in [0.05, 0.1) is 5.69 Å². The van der Waals surface area contributed by atoms with Crippen molar-refractivity contribution in [2.24, 2.45) is 0 Å². The van der Waals surface area contributed by atoms with Gasteiger partial charge in [-0.15, -0.1) is 0 Å². The number of hydrogen-bond donors (Lipinski definition) is 0. The minimum atomic E-state index is 1.20. The van der Waals surface area contributed by atoms with Crippen molar-refractivity contribution in [1.29, 1.82) is 0 Å². The molecule has 5 aromatic rings. The highest BCUT2D eigenvalue weighted by molar-refractivity contribution is 5.93. The first-order valence-corrected chi connectivity index (χ1v) is 10.7. The van der Waals surface area contributed by atoms with Crippen LogP contribution in [0.4, 0.5) is 11.4 Å². The molecule has 0 aliphatic carbocycles. The SMILES string of the molecule is Cc1cccc(-c2ccc3ccccc3c2)c1N(C)c1ccccc1-c1ccccc1. The Hall–Kier alpha value is -3.84. The summed E-state index contributed by atoms with van der Waals surface area (Å²) in [7, 11) is 2.18. The lowest BCUT2D eigenvalue weighted by atomic mass is 9.96. The fourth-order valence-corrected chi connectivity index (χ4v) is 4.44. The first kappa shape index (κ1) is 19.1. The molecule has 0 unspecified atom stereocenters. The van der Waals surface area contributed by atoms with Gasteiger partial charge in [0.15, 0.2) is 0 Å². The summed E-state index contributed by atoms with van der Waals surface area (Å²) < 4.78 is 0. The van der Waals surface area contributed by atoms with E-state index in [1.165, 1.54) is 50.0 Å². The van der Waals surface area contributed by atoms with Crippen molar-refractivity contribution in [1.82, 2.24) is 0 Å². The number of anilines is 2. The summed E-state index contributed by atoms with van der Waals surface area (Å²) in [6.07, 6.45) is 0. The van der Waals surface area contributed by atoms with Crippen molar-refractivity contribution < 1.29 is 0 Å². The molecule has 0 radical (unpaired) electrons. The molecule has 0 aromatic heterocycles. The lowest BCUT2D eigenvalue weighted by molar-refractivity contribution is 1.19. The fourth-order valence-electron chi connectivity index (χ4n) is 4.44. The number of fused-ring (bicyclic) bond motifs is 1. The van der Waals surface area contributed by atoms with E-state index in [-0.39, 0.29) is 0 Å². The Balaban J connectivity index is 1.67. The topological polar surface area (TPSA) is 3.24 Å². The van der Waals surface area contributed by atoms with Crippen molar-refractivity contribution in [3.8, 4) is 22.3 Å². The maximum Gasteiger partial charge on any atom is 0.0517 e. The average Bonchev–Trinajstić information content (AvgIpc) is 2.84. The van der Waals surface area contributed by atoms with Gasteiger partial charge >= 0.3 is 0 Å². The van der Waals surface area contributed by atoms with Gasteiger partial charge in [0.1, 0.15) is 0 Å². The van der Waals surface area contributed by atoms with Crippen LogP contribution in [0.3, 0.4) is 0 Å². The lowest BCUT2D eigenvalue weighted by Gasteiger charge is -2.27. The second-order valence-electron chi connectivity index (χ2n) is 7.98. The summed E-state index contributed by atoms with van der Waals surface area (Å²) in [5, 5.41) is 2.53. The molecule has 0 spiro atoms. The number of benzene rings is 5. The minimum Gasteiger partial charge on any atom is -0.343 e. The zero-order valence-corrected chi connectivity index (χ0v) is 17.9. The number of hydrogen-bond acceptors (Lipinski definition) is 1. The van der Waals surface area contributed by atoms with Crippen LogP contribution in [0.1, 0.15) is 5.56 Å². The van der Waals surface area contributed by atoms with Crippen molar-refractivity contribution in [3.05, 3.63) is 121 Å². The van der Waals surface area contributed by atoms with Crippen LogP contribution in [0.5, 0.6) is 0 Å². The molecule has 0 saturated carbocycles. The van der Waals surface area contributed by atoms with Gasteiger partial charge in [-0.25, -0.2) is 0 Å². The molecule has 0 fully saturated rings. The quantitative estimate of drug-likeness (QED) is 0.294. The van der Waals surface area contributed by atoms with Crippen LogP contribution in [-0.4, -0.2) is 7.05 Å². The largest absolute Gasteiger partial charge is 0.343 e. The molecule has 5 aromatic carbocycles. The molecule has 0 bridgehead atoms. The molecular weight excluding hydrogens is 374 g/mol. The normalized spacial score (nSPS) is 10.9. The maximum absolute atomic E-state index is 2.34. The van der Waals surface area contributed by atoms with E-state index in [0.29, 0.717) is 0 Å². The monoisotopic (exact) mass is 399 g/mol. The number of nitrogens with zero attached hydrogens (tertiary/aromatic N) is 1. The summed E-state index contributed by atoms with van der Waals surface area (Å²) in [6, 6.07) is 41.1. The Labute approximate surface area is 184 Å². The Morgan fingerprint density at radius 2 is 1.19 bits per heavy atom. The highest BCUT2D eigenvalue weighted by Gasteiger charge is 2.17. The molecule has 0 N–H and O–H groups in total. The highest BCUT2D eigenvalue weighted by Crippen LogP contribution is 2.41. The molecule has 0 atom stereocenters. The minimum absolute atomic E-state index is 1.20. The standard InChI is InChI=1S/C30H25N/c1-22-11-10-17-28(26-20-19-23-12-6-7-15-25(23)21-26)30(22)31(2)29-18-9-8-16-27(29)24-13-4-3-5-14-24/h3-21H,1-2H3. The molecule has 0 amide bonds. The van der Waals surface area contributed by atoms with Crippen LogP contribution < -0.4 is 4.90 Å². The highest BCUT2D eigenvalue weighted by atomic mass is 15.1. The molecule has 5 rings (SSSR count). The van der Waals surface area contributed by atoms with Gasteiger partial charge in [-0.2, -0.15) is 0 Å². The van der Waals surface area contributed by atoms with Crippen LogP contribution in [0.2, 0.25) is 0 Å². The van der Waals surface area contributed by atoms with Crippen LogP contribution in [0, 0.1) is 6.92 Å². The molecule has 1 nitrogen and oxygen atoms in total. The summed E-state index contributed by atoms with van der Waals surface area (Å²) >= 11 is 0. The second kappa shape index (κ2) is 8.12. The smallest absolute Gasteiger partial charge is 0.0517 e. The van der Waals surface area contributed by atoms with E-state index in [1.807, 2.05) is 0 Å². The zero-order valence-electron chi connectivity index (χ0n) is 17.9. The predicted octanol–water partition coefficient (Wildman–Crippen LogP) is 8.25. The Morgan fingerprint density at radius 3 is 2.03 bits per heavy atom. The molecule has 1 heteroatoms. The van der Waals surface area contributed by atoms with Gasteiger partial charge in [-0.05, 0) is 46.5 Å². The third-order valence-corrected chi connectivity index (χ3v) is 5.98. The molecule has 31 heavy (non-hydrogen) atoms. The van der Waals surface area contributed by atoms with E-state index in [9.17, 15) is 0 Å². The summed E-state index contributed by atoms with van der Waals surface area (Å²) in [4.78, 5) is 2.34.